The molecule has 0 saturated carbocycles. The van der Waals surface area contributed by atoms with Crippen molar-refractivity contribution in [3.8, 4) is 0 Å². The highest BCUT2D eigenvalue weighted by Crippen LogP contribution is 2.08. The van der Waals surface area contributed by atoms with Gasteiger partial charge < -0.3 is 10.6 Å². The molecule has 84 valence electrons. The van der Waals surface area contributed by atoms with Crippen molar-refractivity contribution in [2.45, 2.75) is 33.2 Å². The van der Waals surface area contributed by atoms with Crippen LogP contribution in [-0.2, 0) is 6.54 Å². The fraction of sp³-hybridized carbons (Fsp3) is 0.636. The molecular formula is C11H20N4. The summed E-state index contributed by atoms with van der Waals surface area (Å²) in [6.45, 7) is 6.85. The Morgan fingerprint density at radius 2 is 1.67 bits per heavy atom. The summed E-state index contributed by atoms with van der Waals surface area (Å²) in [5.41, 5.74) is 6.48. The Hall–Kier alpha value is -1.16. The van der Waals surface area contributed by atoms with Crippen molar-refractivity contribution in [1.82, 2.24) is 9.97 Å². The first kappa shape index (κ1) is 11.9. The third kappa shape index (κ3) is 3.47. The van der Waals surface area contributed by atoms with E-state index < -0.39 is 0 Å². The van der Waals surface area contributed by atoms with Gasteiger partial charge in [-0.05, 0) is 12.8 Å². The molecule has 15 heavy (non-hydrogen) atoms. The van der Waals surface area contributed by atoms with E-state index in [0.717, 1.165) is 37.4 Å². The normalized spacial score (nSPS) is 10.3. The van der Waals surface area contributed by atoms with E-state index in [2.05, 4.69) is 28.7 Å². The highest BCUT2D eigenvalue weighted by Gasteiger charge is 2.06. The van der Waals surface area contributed by atoms with Crippen molar-refractivity contribution in [3.05, 3.63) is 18.0 Å². The summed E-state index contributed by atoms with van der Waals surface area (Å²) in [5, 5.41) is 0. The summed E-state index contributed by atoms with van der Waals surface area (Å²) in [6, 6.07) is 0. The number of hydrogen-bond acceptors (Lipinski definition) is 4. The van der Waals surface area contributed by atoms with Gasteiger partial charge in [0.15, 0.2) is 0 Å². The second-order valence-electron chi connectivity index (χ2n) is 3.58. The SMILES string of the molecule is CCCN(CCC)c1ncc(CN)cn1. The van der Waals surface area contributed by atoms with E-state index >= 15 is 0 Å². The molecule has 2 N–H and O–H groups in total. The van der Waals surface area contributed by atoms with E-state index in [0.29, 0.717) is 6.54 Å². The molecule has 0 unspecified atom stereocenters. The summed E-state index contributed by atoms with van der Waals surface area (Å²) in [5.74, 6) is 0.816. The Kier molecular flexibility index (Phi) is 5.04. The number of nitrogens with zero attached hydrogens (tertiary/aromatic N) is 3. The van der Waals surface area contributed by atoms with Crippen molar-refractivity contribution < 1.29 is 0 Å². The van der Waals surface area contributed by atoms with Gasteiger partial charge in [0.25, 0.3) is 0 Å². The summed E-state index contributed by atoms with van der Waals surface area (Å²) >= 11 is 0. The first-order valence-electron chi connectivity index (χ1n) is 5.57. The monoisotopic (exact) mass is 208 g/mol. The predicted octanol–water partition coefficient (Wildman–Crippen LogP) is 1.56. The lowest BCUT2D eigenvalue weighted by Gasteiger charge is -2.20. The molecule has 1 aromatic heterocycles. The quantitative estimate of drug-likeness (QED) is 0.771. The first-order chi connectivity index (χ1) is 7.31. The summed E-state index contributed by atoms with van der Waals surface area (Å²) in [4.78, 5) is 10.9. The highest BCUT2D eigenvalue weighted by atomic mass is 15.2. The van der Waals surface area contributed by atoms with Crippen LogP contribution < -0.4 is 10.6 Å². The van der Waals surface area contributed by atoms with E-state index in [1.165, 1.54) is 0 Å². The number of nitrogens with two attached hydrogens (primary N) is 1. The van der Waals surface area contributed by atoms with Gasteiger partial charge in [0, 0.05) is 37.6 Å². The third-order valence-corrected chi connectivity index (χ3v) is 2.20. The standard InChI is InChI=1S/C11H20N4/c1-3-5-15(6-4-2)11-13-8-10(7-12)9-14-11/h8-9H,3-7,12H2,1-2H3. The summed E-state index contributed by atoms with van der Waals surface area (Å²) < 4.78 is 0. The molecule has 0 bridgehead atoms. The van der Waals surface area contributed by atoms with Gasteiger partial charge >= 0.3 is 0 Å². The molecular weight excluding hydrogens is 188 g/mol. The number of anilines is 1. The minimum absolute atomic E-state index is 0.502. The van der Waals surface area contributed by atoms with Gasteiger partial charge in [0.1, 0.15) is 0 Å². The molecule has 0 aliphatic carbocycles. The molecule has 4 nitrogen and oxygen atoms in total. The van der Waals surface area contributed by atoms with E-state index in [-0.39, 0.29) is 0 Å². The average molecular weight is 208 g/mol. The van der Waals surface area contributed by atoms with Crippen LogP contribution in [0.25, 0.3) is 0 Å². The lowest BCUT2D eigenvalue weighted by atomic mass is 10.3. The first-order valence-corrected chi connectivity index (χ1v) is 5.57. The van der Waals surface area contributed by atoms with E-state index in [1.54, 1.807) is 12.4 Å². The van der Waals surface area contributed by atoms with Crippen molar-refractivity contribution in [3.63, 3.8) is 0 Å². The molecule has 1 rings (SSSR count). The van der Waals surface area contributed by atoms with Gasteiger partial charge in [-0.3, -0.25) is 0 Å². The number of aromatic nitrogens is 2. The molecule has 0 aromatic carbocycles. The summed E-state index contributed by atoms with van der Waals surface area (Å²) in [6.07, 6.45) is 5.84. The topological polar surface area (TPSA) is 55.0 Å². The van der Waals surface area contributed by atoms with Crippen molar-refractivity contribution in [2.75, 3.05) is 18.0 Å². The molecule has 0 amide bonds. The molecule has 0 atom stereocenters. The lowest BCUT2D eigenvalue weighted by molar-refractivity contribution is 0.719. The van der Waals surface area contributed by atoms with Gasteiger partial charge in [-0.25, -0.2) is 9.97 Å². The second-order valence-corrected chi connectivity index (χ2v) is 3.58. The zero-order chi connectivity index (χ0) is 11.1. The Morgan fingerprint density at radius 1 is 1.13 bits per heavy atom. The molecule has 0 radical (unpaired) electrons. The van der Waals surface area contributed by atoms with Crippen LogP contribution >= 0.6 is 0 Å². The van der Waals surface area contributed by atoms with Crippen molar-refractivity contribution in [2.24, 2.45) is 5.73 Å². The fourth-order valence-corrected chi connectivity index (χ4v) is 1.47. The number of hydrogen-bond donors (Lipinski definition) is 1. The Morgan fingerprint density at radius 3 is 2.07 bits per heavy atom. The average Bonchev–Trinajstić information content (AvgIpc) is 2.29. The largest absolute Gasteiger partial charge is 0.341 e. The molecule has 0 fully saturated rings. The van der Waals surface area contributed by atoms with Crippen LogP contribution in [0.4, 0.5) is 5.95 Å². The van der Waals surface area contributed by atoms with Gasteiger partial charge in [0.05, 0.1) is 0 Å². The predicted molar refractivity (Wildman–Crippen MR) is 62.7 cm³/mol. The maximum absolute atomic E-state index is 5.50. The Labute approximate surface area is 91.5 Å². The molecule has 0 spiro atoms. The van der Waals surface area contributed by atoms with Gasteiger partial charge in [-0.15, -0.1) is 0 Å². The lowest BCUT2D eigenvalue weighted by Crippen LogP contribution is -2.26. The van der Waals surface area contributed by atoms with Crippen LogP contribution in [0.2, 0.25) is 0 Å². The second kappa shape index (κ2) is 6.35. The minimum Gasteiger partial charge on any atom is -0.341 e. The fourth-order valence-electron chi connectivity index (χ4n) is 1.47. The molecule has 0 saturated heterocycles. The van der Waals surface area contributed by atoms with Crippen LogP contribution in [-0.4, -0.2) is 23.1 Å². The smallest absolute Gasteiger partial charge is 0.225 e. The molecule has 1 heterocycles. The van der Waals surface area contributed by atoms with E-state index in [4.69, 9.17) is 5.73 Å². The number of rotatable bonds is 6. The van der Waals surface area contributed by atoms with Crippen LogP contribution in [0.1, 0.15) is 32.3 Å². The van der Waals surface area contributed by atoms with Crippen molar-refractivity contribution in [1.29, 1.82) is 0 Å². The minimum atomic E-state index is 0.502. The zero-order valence-corrected chi connectivity index (χ0v) is 9.61. The zero-order valence-electron chi connectivity index (χ0n) is 9.61. The Bertz CT molecular complexity index is 264. The van der Waals surface area contributed by atoms with Crippen molar-refractivity contribution >= 4 is 5.95 Å². The van der Waals surface area contributed by atoms with Crippen LogP contribution in [0, 0.1) is 0 Å². The maximum Gasteiger partial charge on any atom is 0.225 e. The van der Waals surface area contributed by atoms with Crippen LogP contribution in [0.5, 0.6) is 0 Å². The third-order valence-electron chi connectivity index (χ3n) is 2.20. The van der Waals surface area contributed by atoms with Crippen LogP contribution in [0.15, 0.2) is 12.4 Å². The van der Waals surface area contributed by atoms with E-state index in [1.807, 2.05) is 0 Å². The van der Waals surface area contributed by atoms with E-state index in [9.17, 15) is 0 Å². The molecule has 4 heteroatoms. The highest BCUT2D eigenvalue weighted by molar-refractivity contribution is 5.29. The van der Waals surface area contributed by atoms with Gasteiger partial charge in [-0.2, -0.15) is 0 Å². The van der Waals surface area contributed by atoms with Crippen LogP contribution in [0.3, 0.4) is 0 Å². The molecule has 1 aromatic rings. The molecule has 0 aliphatic heterocycles. The van der Waals surface area contributed by atoms with Gasteiger partial charge in [0.2, 0.25) is 5.95 Å². The molecule has 0 aliphatic rings. The summed E-state index contributed by atoms with van der Waals surface area (Å²) in [7, 11) is 0. The van der Waals surface area contributed by atoms with Gasteiger partial charge in [-0.1, -0.05) is 13.8 Å². The maximum atomic E-state index is 5.50. The Balaban J connectivity index is 2.72.